The number of carbonyl (C=O) groups excluding carboxylic acids is 2. The quantitative estimate of drug-likeness (QED) is 0.333. The van der Waals surface area contributed by atoms with Crippen LogP contribution in [0, 0.1) is 0 Å². The van der Waals surface area contributed by atoms with Crippen molar-refractivity contribution in [3.05, 3.63) is 35.5 Å². The van der Waals surface area contributed by atoms with Crippen LogP contribution < -0.4 is 10.6 Å². The largest absolute Gasteiger partial charge is 0.463 e. The summed E-state index contributed by atoms with van der Waals surface area (Å²) in [5, 5.41) is 15.1. The molecule has 0 unspecified atom stereocenters. The van der Waals surface area contributed by atoms with Crippen molar-refractivity contribution >= 4 is 33.8 Å². The molecule has 1 saturated heterocycles. The van der Waals surface area contributed by atoms with E-state index in [4.69, 9.17) is 9.47 Å². The molecule has 3 heterocycles. The van der Waals surface area contributed by atoms with Gasteiger partial charge in [0.1, 0.15) is 0 Å². The summed E-state index contributed by atoms with van der Waals surface area (Å²) in [5.41, 5.74) is 1.51. The first kappa shape index (κ1) is 28.6. The first-order valence-corrected chi connectivity index (χ1v) is 16.0. The number of urea groups is 1. The Labute approximate surface area is 237 Å². The molecular weight excluding hydrogens is 556 g/mol. The zero-order chi connectivity index (χ0) is 28.3. The van der Waals surface area contributed by atoms with E-state index in [2.05, 4.69) is 25.4 Å². The van der Waals surface area contributed by atoms with Gasteiger partial charge in [-0.3, -0.25) is 4.57 Å². The number of ether oxygens (including phenoxy) is 2. The fraction of sp³-hybridized carbons (Fsp3) is 0.538. The highest BCUT2D eigenvalue weighted by Crippen LogP contribution is 2.37. The Morgan fingerprint density at radius 1 is 1.20 bits per heavy atom. The molecule has 3 aliphatic rings. The number of amides is 2. The van der Waals surface area contributed by atoms with Gasteiger partial charge in [-0.2, -0.15) is 4.31 Å². The average molecular weight is 591 g/mol. The molecule has 0 spiro atoms. The maximum Gasteiger partial charge on any atom is 0.337 e. The second-order valence-electron chi connectivity index (χ2n) is 9.88. The standard InChI is InChI=1S/C26H34N6O6S2/c1-3-38-24(33)22-17(2)27-25(34)28-21(22)16-39-26-30-29-23(32(26)19-8-4-5-9-19)18-7-6-10-20(15-18)40(35,36)31-11-13-37-14-12-31/h6-7,10,15,17,19H,3-5,8-9,11-14,16H2,1-2H3,(H2,27,28,34)/t17-/m1/s1. The van der Waals surface area contributed by atoms with E-state index in [1.807, 2.05) is 6.07 Å². The minimum absolute atomic E-state index is 0.159. The first-order valence-electron chi connectivity index (χ1n) is 13.5. The molecule has 2 aromatic rings. The molecule has 14 heteroatoms. The van der Waals surface area contributed by atoms with E-state index in [1.165, 1.54) is 16.1 Å². The van der Waals surface area contributed by atoms with Crippen LogP contribution in [0.25, 0.3) is 11.4 Å². The van der Waals surface area contributed by atoms with Crippen molar-refractivity contribution in [1.82, 2.24) is 29.7 Å². The van der Waals surface area contributed by atoms with Crippen molar-refractivity contribution in [2.75, 3.05) is 38.7 Å². The van der Waals surface area contributed by atoms with Crippen LogP contribution in [0.15, 0.2) is 45.6 Å². The lowest BCUT2D eigenvalue weighted by molar-refractivity contribution is -0.138. The maximum atomic E-state index is 13.3. The minimum Gasteiger partial charge on any atom is -0.463 e. The number of hydrogen-bond acceptors (Lipinski definition) is 9. The predicted octanol–water partition coefficient (Wildman–Crippen LogP) is 2.69. The molecule has 2 N–H and O–H groups in total. The second kappa shape index (κ2) is 12.3. The van der Waals surface area contributed by atoms with Crippen LogP contribution in [-0.4, -0.2) is 84.2 Å². The van der Waals surface area contributed by atoms with E-state index in [0.29, 0.717) is 54.1 Å². The van der Waals surface area contributed by atoms with Crippen molar-refractivity contribution < 1.29 is 27.5 Å². The number of aromatic nitrogens is 3. The number of nitrogens with one attached hydrogen (secondary N) is 2. The Balaban J connectivity index is 1.47. The molecule has 1 saturated carbocycles. The molecule has 0 bridgehead atoms. The van der Waals surface area contributed by atoms with Gasteiger partial charge < -0.3 is 20.1 Å². The third kappa shape index (κ3) is 5.90. The lowest BCUT2D eigenvalue weighted by atomic mass is 10.1. The van der Waals surface area contributed by atoms with Crippen LogP contribution in [0.3, 0.4) is 0 Å². The van der Waals surface area contributed by atoms with Crippen LogP contribution in [0.4, 0.5) is 4.79 Å². The number of esters is 1. The van der Waals surface area contributed by atoms with Gasteiger partial charge in [0.2, 0.25) is 10.0 Å². The summed E-state index contributed by atoms with van der Waals surface area (Å²) in [7, 11) is -3.68. The van der Waals surface area contributed by atoms with Gasteiger partial charge in [-0.15, -0.1) is 10.2 Å². The lowest BCUT2D eigenvalue weighted by Gasteiger charge is -2.26. The molecule has 2 fully saturated rings. The third-order valence-corrected chi connectivity index (χ3v) is 10.1. The monoisotopic (exact) mass is 590 g/mol. The summed E-state index contributed by atoms with van der Waals surface area (Å²) in [6.45, 7) is 5.09. The molecular formula is C26H34N6O6S2. The highest BCUT2D eigenvalue weighted by atomic mass is 32.2. The van der Waals surface area contributed by atoms with Gasteiger partial charge in [-0.05, 0) is 38.8 Å². The molecule has 40 heavy (non-hydrogen) atoms. The summed E-state index contributed by atoms with van der Waals surface area (Å²) in [6.07, 6.45) is 4.07. The maximum absolute atomic E-state index is 13.3. The van der Waals surface area contributed by atoms with Crippen LogP contribution in [0.2, 0.25) is 0 Å². The number of carbonyl (C=O) groups is 2. The fourth-order valence-corrected chi connectivity index (χ4v) is 7.75. The molecule has 1 aromatic heterocycles. The minimum atomic E-state index is -3.68. The third-order valence-electron chi connectivity index (χ3n) is 7.27. The Morgan fingerprint density at radius 2 is 1.95 bits per heavy atom. The summed E-state index contributed by atoms with van der Waals surface area (Å²) in [6, 6.07) is 6.11. The van der Waals surface area contributed by atoms with Crippen LogP contribution in [0.1, 0.15) is 45.6 Å². The number of nitrogens with zero attached hydrogens (tertiary/aromatic N) is 4. The summed E-state index contributed by atoms with van der Waals surface area (Å²) >= 11 is 1.37. The Hall–Kier alpha value is -2.94. The van der Waals surface area contributed by atoms with Crippen molar-refractivity contribution in [3.8, 4) is 11.4 Å². The second-order valence-corrected chi connectivity index (χ2v) is 12.8. The van der Waals surface area contributed by atoms with Crippen molar-refractivity contribution in [2.24, 2.45) is 0 Å². The molecule has 5 rings (SSSR count). The zero-order valence-corrected chi connectivity index (χ0v) is 24.2. The van der Waals surface area contributed by atoms with Gasteiger partial charge in [0, 0.05) is 36.1 Å². The van der Waals surface area contributed by atoms with Crippen molar-refractivity contribution in [2.45, 2.75) is 61.7 Å². The number of morpholine rings is 1. The Morgan fingerprint density at radius 3 is 2.67 bits per heavy atom. The molecule has 1 aromatic carbocycles. The topological polar surface area (TPSA) is 145 Å². The van der Waals surface area contributed by atoms with Gasteiger partial charge >= 0.3 is 12.0 Å². The lowest BCUT2D eigenvalue weighted by Crippen LogP contribution is -2.49. The number of thioether (sulfide) groups is 1. The van der Waals surface area contributed by atoms with Gasteiger partial charge in [-0.1, -0.05) is 36.7 Å². The van der Waals surface area contributed by atoms with Gasteiger partial charge in [0.25, 0.3) is 0 Å². The zero-order valence-electron chi connectivity index (χ0n) is 22.6. The number of sulfonamides is 1. The molecule has 12 nitrogen and oxygen atoms in total. The molecule has 1 aliphatic carbocycles. The molecule has 2 amide bonds. The van der Waals surface area contributed by atoms with E-state index in [9.17, 15) is 18.0 Å². The smallest absolute Gasteiger partial charge is 0.337 e. The average Bonchev–Trinajstić information content (AvgIpc) is 3.62. The number of hydrogen-bond donors (Lipinski definition) is 2. The van der Waals surface area contributed by atoms with Crippen LogP contribution in [0.5, 0.6) is 0 Å². The van der Waals surface area contributed by atoms with E-state index in [-0.39, 0.29) is 29.3 Å². The molecule has 2 aliphatic heterocycles. The first-order chi connectivity index (χ1) is 19.3. The van der Waals surface area contributed by atoms with Gasteiger partial charge in [-0.25, -0.2) is 18.0 Å². The van der Waals surface area contributed by atoms with Crippen molar-refractivity contribution in [3.63, 3.8) is 0 Å². The highest BCUT2D eigenvalue weighted by Gasteiger charge is 2.32. The number of rotatable bonds is 9. The SMILES string of the molecule is CCOC(=O)C1=C(CSc2nnc(-c3cccc(S(=O)(=O)N4CCOCC4)c3)n2C2CCCC2)NC(=O)N[C@@H]1C. The van der Waals surface area contributed by atoms with E-state index in [0.717, 1.165) is 25.7 Å². The molecule has 1 atom stereocenters. The van der Waals surface area contributed by atoms with Crippen LogP contribution in [-0.2, 0) is 24.3 Å². The summed E-state index contributed by atoms with van der Waals surface area (Å²) in [4.78, 5) is 25.1. The van der Waals surface area contributed by atoms with E-state index >= 15 is 0 Å². The Bertz CT molecular complexity index is 1400. The van der Waals surface area contributed by atoms with E-state index < -0.39 is 22.0 Å². The normalized spacial score (nSPS) is 20.9. The van der Waals surface area contributed by atoms with E-state index in [1.54, 1.807) is 32.0 Å². The van der Waals surface area contributed by atoms with Crippen LogP contribution >= 0.6 is 11.8 Å². The van der Waals surface area contributed by atoms with Gasteiger partial charge in [0.15, 0.2) is 11.0 Å². The van der Waals surface area contributed by atoms with Gasteiger partial charge in [0.05, 0.1) is 36.3 Å². The Kier molecular flexibility index (Phi) is 8.78. The number of benzene rings is 1. The van der Waals surface area contributed by atoms with Crippen molar-refractivity contribution in [1.29, 1.82) is 0 Å². The predicted molar refractivity (Wildman–Crippen MR) is 148 cm³/mol. The summed E-state index contributed by atoms with van der Waals surface area (Å²) < 4.78 is 40.7. The highest BCUT2D eigenvalue weighted by molar-refractivity contribution is 7.99. The molecule has 216 valence electrons. The molecule has 0 radical (unpaired) electrons. The summed E-state index contributed by atoms with van der Waals surface area (Å²) in [5.74, 6) is 0.396. The fourth-order valence-electron chi connectivity index (χ4n) is 5.33.